The molecular weight excluding hydrogens is 293 g/mol. The molecule has 88 valence electrons. The van der Waals surface area contributed by atoms with Crippen LogP contribution in [-0.4, -0.2) is 19.7 Å². The van der Waals surface area contributed by atoms with Crippen LogP contribution in [0.3, 0.4) is 0 Å². The number of halogens is 4. The molecule has 0 fully saturated rings. The van der Waals surface area contributed by atoms with Gasteiger partial charge in [0.05, 0.1) is 11.6 Å². The van der Waals surface area contributed by atoms with Crippen molar-refractivity contribution in [3.8, 4) is 5.75 Å². The van der Waals surface area contributed by atoms with Crippen molar-refractivity contribution in [2.75, 3.05) is 7.11 Å². The maximum Gasteiger partial charge on any atom is 0.387 e. The Kier molecular flexibility index (Phi) is 4.17. The molecule has 1 aromatic carbocycles. The number of carbonyl (C=O) groups excluding carboxylic acids is 1. The largest absolute Gasteiger partial charge is 0.465 e. The van der Waals surface area contributed by atoms with Crippen molar-refractivity contribution in [2.24, 2.45) is 0 Å². The summed E-state index contributed by atoms with van der Waals surface area (Å²) in [7, 11) is 1.01. The Hall–Kier alpha value is -1.24. The van der Waals surface area contributed by atoms with Gasteiger partial charge in [-0.2, -0.15) is 8.78 Å². The second-order valence-electron chi connectivity index (χ2n) is 2.60. The summed E-state index contributed by atoms with van der Waals surface area (Å²) in [4.78, 5) is 11.2. The van der Waals surface area contributed by atoms with Crippen LogP contribution in [0.2, 0.25) is 0 Å². The monoisotopic (exact) mass is 298 g/mol. The zero-order valence-corrected chi connectivity index (χ0v) is 9.55. The predicted octanol–water partition coefficient (Wildman–Crippen LogP) is 2.98. The van der Waals surface area contributed by atoms with Crippen molar-refractivity contribution < 1.29 is 27.4 Å². The summed E-state index contributed by atoms with van der Waals surface area (Å²) >= 11 is 2.82. The second kappa shape index (κ2) is 5.20. The van der Waals surface area contributed by atoms with Crippen molar-refractivity contribution in [3.05, 3.63) is 28.0 Å². The lowest BCUT2D eigenvalue weighted by Crippen LogP contribution is -2.11. The van der Waals surface area contributed by atoms with E-state index in [9.17, 15) is 18.0 Å². The fraction of sp³-hybridized carbons (Fsp3) is 0.222. The van der Waals surface area contributed by atoms with E-state index < -0.39 is 29.7 Å². The molecule has 0 amide bonds. The summed E-state index contributed by atoms with van der Waals surface area (Å²) in [5, 5.41) is 0. The number of benzene rings is 1. The smallest absolute Gasteiger partial charge is 0.387 e. The van der Waals surface area contributed by atoms with Gasteiger partial charge in [-0.25, -0.2) is 9.18 Å². The summed E-state index contributed by atoms with van der Waals surface area (Å²) in [5.74, 6) is -2.66. The molecule has 3 nitrogen and oxygen atoms in total. The van der Waals surface area contributed by atoms with E-state index in [0.29, 0.717) is 0 Å². The minimum atomic E-state index is -3.15. The molecule has 0 N–H and O–H groups in total. The van der Waals surface area contributed by atoms with Crippen molar-refractivity contribution in [3.63, 3.8) is 0 Å². The Morgan fingerprint density at radius 3 is 2.56 bits per heavy atom. The molecule has 0 saturated carbocycles. The molecule has 1 rings (SSSR count). The third-order valence-corrected chi connectivity index (χ3v) is 2.27. The zero-order valence-electron chi connectivity index (χ0n) is 7.97. The van der Waals surface area contributed by atoms with Crippen LogP contribution in [0.1, 0.15) is 10.4 Å². The van der Waals surface area contributed by atoms with Gasteiger partial charge in [0.2, 0.25) is 0 Å². The zero-order chi connectivity index (χ0) is 12.3. The van der Waals surface area contributed by atoms with Crippen LogP contribution in [0, 0.1) is 5.82 Å². The molecule has 0 unspecified atom stereocenters. The summed E-state index contributed by atoms with van der Waals surface area (Å²) in [5.41, 5.74) is -0.669. The number of hydrogen-bond donors (Lipinski definition) is 0. The van der Waals surface area contributed by atoms with Crippen molar-refractivity contribution in [1.82, 2.24) is 0 Å². The molecule has 1 aromatic rings. The lowest BCUT2D eigenvalue weighted by atomic mass is 10.2. The van der Waals surface area contributed by atoms with Gasteiger partial charge < -0.3 is 9.47 Å². The summed E-state index contributed by atoms with van der Waals surface area (Å²) in [6.07, 6.45) is 0. The van der Waals surface area contributed by atoms with Crippen LogP contribution in [0.5, 0.6) is 5.75 Å². The molecule has 0 saturated heterocycles. The third kappa shape index (κ3) is 2.66. The Morgan fingerprint density at radius 1 is 1.44 bits per heavy atom. The highest BCUT2D eigenvalue weighted by Gasteiger charge is 2.23. The van der Waals surface area contributed by atoms with Crippen molar-refractivity contribution in [2.45, 2.75) is 6.61 Å². The fourth-order valence-electron chi connectivity index (χ4n) is 1.02. The number of carbonyl (C=O) groups is 1. The second-order valence-corrected chi connectivity index (χ2v) is 3.46. The van der Waals surface area contributed by atoms with E-state index >= 15 is 0 Å². The van der Waals surface area contributed by atoms with E-state index in [1.807, 2.05) is 0 Å². The maximum absolute atomic E-state index is 13.5. The van der Waals surface area contributed by atoms with E-state index in [-0.39, 0.29) is 4.47 Å². The van der Waals surface area contributed by atoms with Crippen LogP contribution in [0.4, 0.5) is 13.2 Å². The highest BCUT2D eigenvalue weighted by molar-refractivity contribution is 9.10. The molecule has 0 radical (unpaired) electrons. The Labute approximate surface area is 97.3 Å². The standard InChI is InChI=1S/C9H6BrF3O3/c1-15-8(14)6-5(16-9(12)13)3-2-4(10)7(6)11/h2-3,9H,1H3. The molecule has 16 heavy (non-hydrogen) atoms. The molecule has 0 atom stereocenters. The van der Waals surface area contributed by atoms with Gasteiger partial charge >= 0.3 is 12.6 Å². The minimum Gasteiger partial charge on any atom is -0.465 e. The van der Waals surface area contributed by atoms with E-state index in [2.05, 4.69) is 25.4 Å². The van der Waals surface area contributed by atoms with E-state index in [1.165, 1.54) is 0 Å². The Balaban J connectivity index is 3.27. The molecule has 0 aliphatic heterocycles. The molecule has 0 spiro atoms. The third-order valence-electron chi connectivity index (χ3n) is 1.66. The first-order valence-corrected chi connectivity index (χ1v) is 4.77. The molecule has 0 heterocycles. The van der Waals surface area contributed by atoms with Crippen molar-refractivity contribution >= 4 is 21.9 Å². The summed E-state index contributed by atoms with van der Waals surface area (Å²) in [6, 6.07) is 2.20. The van der Waals surface area contributed by atoms with Gasteiger partial charge in [-0.1, -0.05) is 0 Å². The average Bonchev–Trinajstić information content (AvgIpc) is 2.22. The van der Waals surface area contributed by atoms with Crippen LogP contribution in [0.15, 0.2) is 16.6 Å². The van der Waals surface area contributed by atoms with Crippen molar-refractivity contribution in [1.29, 1.82) is 0 Å². The first-order chi connectivity index (χ1) is 7.47. The first kappa shape index (κ1) is 12.8. The van der Waals surface area contributed by atoms with Crippen LogP contribution in [-0.2, 0) is 4.74 Å². The van der Waals surface area contributed by atoms with Gasteiger partial charge in [-0.15, -0.1) is 0 Å². The Morgan fingerprint density at radius 2 is 2.06 bits per heavy atom. The predicted molar refractivity (Wildman–Crippen MR) is 52.1 cm³/mol. The summed E-state index contributed by atoms with van der Waals surface area (Å²) < 4.78 is 45.7. The van der Waals surface area contributed by atoms with Gasteiger partial charge in [-0.3, -0.25) is 0 Å². The quantitative estimate of drug-likeness (QED) is 0.805. The molecule has 0 aliphatic rings. The fourth-order valence-corrected chi connectivity index (χ4v) is 1.35. The normalized spacial score (nSPS) is 10.4. The molecule has 0 aliphatic carbocycles. The molecule has 0 bridgehead atoms. The summed E-state index contributed by atoms with van der Waals surface area (Å²) in [6.45, 7) is -3.15. The van der Waals surface area contributed by atoms with E-state index in [0.717, 1.165) is 19.2 Å². The highest BCUT2D eigenvalue weighted by atomic mass is 79.9. The number of hydrogen-bond acceptors (Lipinski definition) is 3. The number of rotatable bonds is 3. The topological polar surface area (TPSA) is 35.5 Å². The highest BCUT2D eigenvalue weighted by Crippen LogP contribution is 2.29. The number of alkyl halides is 2. The van der Waals surface area contributed by atoms with Crippen LogP contribution < -0.4 is 4.74 Å². The Bertz CT molecular complexity index is 409. The maximum atomic E-state index is 13.5. The van der Waals surface area contributed by atoms with Gasteiger partial charge in [0.1, 0.15) is 11.3 Å². The van der Waals surface area contributed by atoms with Crippen LogP contribution in [0.25, 0.3) is 0 Å². The van der Waals surface area contributed by atoms with Gasteiger partial charge in [0.15, 0.2) is 5.82 Å². The lowest BCUT2D eigenvalue weighted by molar-refractivity contribution is -0.0506. The SMILES string of the molecule is COC(=O)c1c(OC(F)F)ccc(Br)c1F. The molecular formula is C9H6BrF3O3. The van der Waals surface area contributed by atoms with Gasteiger partial charge in [0.25, 0.3) is 0 Å². The number of esters is 1. The van der Waals surface area contributed by atoms with Gasteiger partial charge in [-0.05, 0) is 28.1 Å². The minimum absolute atomic E-state index is 0.0467. The van der Waals surface area contributed by atoms with E-state index in [1.54, 1.807) is 0 Å². The van der Waals surface area contributed by atoms with E-state index in [4.69, 9.17) is 0 Å². The molecule has 0 aromatic heterocycles. The average molecular weight is 299 g/mol. The molecule has 7 heteroatoms. The van der Waals surface area contributed by atoms with Crippen LogP contribution >= 0.6 is 15.9 Å². The number of methoxy groups -OCH3 is 1. The first-order valence-electron chi connectivity index (χ1n) is 3.98. The number of ether oxygens (including phenoxy) is 2. The lowest BCUT2D eigenvalue weighted by Gasteiger charge is -2.10. The van der Waals surface area contributed by atoms with Gasteiger partial charge in [0, 0.05) is 0 Å².